The number of ketones is 1. The molecule has 0 saturated heterocycles. The van der Waals surface area contributed by atoms with Gasteiger partial charge in [0.2, 0.25) is 11.7 Å². The van der Waals surface area contributed by atoms with Crippen LogP contribution in [0.3, 0.4) is 0 Å². The molecule has 0 radical (unpaired) electrons. The van der Waals surface area contributed by atoms with E-state index in [2.05, 4.69) is 9.97 Å². The molecule has 2 aliphatic rings. The van der Waals surface area contributed by atoms with Crippen molar-refractivity contribution in [2.75, 3.05) is 6.54 Å². The second kappa shape index (κ2) is 8.41. The van der Waals surface area contributed by atoms with E-state index in [1.807, 2.05) is 35.2 Å². The van der Waals surface area contributed by atoms with Crippen LogP contribution in [-0.2, 0) is 32.0 Å². The van der Waals surface area contributed by atoms with Crippen molar-refractivity contribution < 1.29 is 19.1 Å². The number of halogens is 1. The lowest BCUT2D eigenvalue weighted by Crippen LogP contribution is -2.32. The van der Waals surface area contributed by atoms with E-state index in [-0.39, 0.29) is 23.3 Å². The number of Topliss-reactive ketones (excluding diaryl/α,β-unsaturated/α-hetero) is 1. The zero-order chi connectivity index (χ0) is 23.1. The Morgan fingerprint density at radius 3 is 2.97 bits per heavy atom. The molecule has 168 valence electrons. The molecule has 0 fully saturated rings. The topological polar surface area (TPSA) is 84.5 Å². The highest BCUT2D eigenvalue weighted by molar-refractivity contribution is 6.30. The number of nitrogens with one attached hydrogen (secondary N) is 1. The molecule has 1 aromatic carbocycles. The van der Waals surface area contributed by atoms with Crippen LogP contribution in [0.1, 0.15) is 30.5 Å². The molecule has 0 atom stereocenters. The van der Waals surface area contributed by atoms with Crippen molar-refractivity contribution in [1.82, 2.24) is 14.9 Å². The second-order valence-electron chi connectivity index (χ2n) is 8.30. The molecular formula is C25H22ClN3O4. The average molecular weight is 464 g/mol. The van der Waals surface area contributed by atoms with Crippen molar-refractivity contribution in [3.63, 3.8) is 0 Å². The molecule has 0 amide bonds. The van der Waals surface area contributed by atoms with Crippen LogP contribution in [0.25, 0.3) is 17.1 Å². The minimum absolute atomic E-state index is 0.0716. The predicted molar refractivity (Wildman–Crippen MR) is 124 cm³/mol. The summed E-state index contributed by atoms with van der Waals surface area (Å²) in [6.45, 7) is 4.56. The first-order chi connectivity index (χ1) is 15.9. The van der Waals surface area contributed by atoms with Gasteiger partial charge in [0.05, 0.1) is 6.10 Å². The molecule has 33 heavy (non-hydrogen) atoms. The van der Waals surface area contributed by atoms with Gasteiger partial charge in [-0.15, -0.1) is 0 Å². The molecule has 5 rings (SSSR count). The minimum atomic E-state index is -0.689. The Hall–Kier alpha value is -3.58. The number of hydrogen-bond acceptors (Lipinski definition) is 6. The first-order valence-corrected chi connectivity index (χ1v) is 11.1. The number of allylic oxidation sites excluding steroid dienone is 1. The van der Waals surface area contributed by atoms with Gasteiger partial charge in [-0.05, 0) is 61.7 Å². The Morgan fingerprint density at radius 2 is 2.15 bits per heavy atom. The quantitative estimate of drug-likeness (QED) is 0.351. The molecule has 1 N–H and O–H groups in total. The van der Waals surface area contributed by atoms with Gasteiger partial charge in [-0.1, -0.05) is 17.7 Å². The predicted octanol–water partition coefficient (Wildman–Crippen LogP) is 4.38. The van der Waals surface area contributed by atoms with Gasteiger partial charge in [0.15, 0.2) is 11.3 Å². The summed E-state index contributed by atoms with van der Waals surface area (Å²) in [6.07, 6.45) is 5.45. The number of aromatic nitrogens is 2. The summed E-state index contributed by atoms with van der Waals surface area (Å²) in [5.74, 6) is -0.889. The molecule has 7 nitrogen and oxygen atoms in total. The third-order valence-electron chi connectivity index (χ3n) is 5.66. The summed E-state index contributed by atoms with van der Waals surface area (Å²) < 4.78 is 11.4. The van der Waals surface area contributed by atoms with Crippen molar-refractivity contribution in [2.45, 2.75) is 32.9 Å². The Balaban J connectivity index is 1.52. The van der Waals surface area contributed by atoms with Crippen LogP contribution in [-0.4, -0.2) is 39.3 Å². The Labute approximate surface area is 195 Å². The molecule has 0 unspecified atom stereocenters. The monoisotopic (exact) mass is 463 g/mol. The van der Waals surface area contributed by atoms with E-state index in [9.17, 15) is 9.59 Å². The van der Waals surface area contributed by atoms with Crippen molar-refractivity contribution >= 4 is 40.5 Å². The van der Waals surface area contributed by atoms with Crippen molar-refractivity contribution in [3.8, 4) is 0 Å². The number of pyridine rings is 1. The van der Waals surface area contributed by atoms with Gasteiger partial charge in [0, 0.05) is 41.5 Å². The number of aromatic amines is 1. The van der Waals surface area contributed by atoms with Gasteiger partial charge in [-0.3, -0.25) is 4.79 Å². The summed E-state index contributed by atoms with van der Waals surface area (Å²) in [7, 11) is 0. The zero-order valence-corrected chi connectivity index (χ0v) is 19.0. The molecule has 0 saturated carbocycles. The number of fused-ring (bicyclic) bond motifs is 2. The van der Waals surface area contributed by atoms with E-state index in [0.717, 1.165) is 22.9 Å². The van der Waals surface area contributed by atoms with Crippen molar-refractivity contribution in [1.29, 1.82) is 0 Å². The van der Waals surface area contributed by atoms with E-state index < -0.39 is 11.8 Å². The standard InChI is InChI=1S/C25H22ClN3O4/c1-14(2)32-25(31)21-22(30)20(11-16-12-28-23-19(16)4-3-8-27-23)33-24(21)29-9-7-15-5-6-18(26)10-17(15)13-29/h3-6,8,10-12,14H,7,9,13H2,1-2H3,(H,27,28). The van der Waals surface area contributed by atoms with Crippen LogP contribution in [0.5, 0.6) is 0 Å². The summed E-state index contributed by atoms with van der Waals surface area (Å²) in [5.41, 5.74) is 3.59. The van der Waals surface area contributed by atoms with Gasteiger partial charge < -0.3 is 19.4 Å². The third kappa shape index (κ3) is 4.00. The lowest BCUT2D eigenvalue weighted by molar-refractivity contribution is -0.143. The Kier molecular flexibility index (Phi) is 5.42. The summed E-state index contributed by atoms with van der Waals surface area (Å²) in [4.78, 5) is 35.5. The first-order valence-electron chi connectivity index (χ1n) is 10.7. The summed E-state index contributed by atoms with van der Waals surface area (Å²) >= 11 is 6.19. The maximum Gasteiger partial charge on any atom is 0.348 e. The van der Waals surface area contributed by atoms with E-state index in [1.54, 1.807) is 32.3 Å². The third-order valence-corrected chi connectivity index (χ3v) is 5.89. The van der Waals surface area contributed by atoms with Gasteiger partial charge >= 0.3 is 5.97 Å². The van der Waals surface area contributed by atoms with E-state index in [0.29, 0.717) is 23.8 Å². The Bertz CT molecular complexity index is 1340. The number of H-pyrrole nitrogens is 1. The van der Waals surface area contributed by atoms with Gasteiger partial charge in [0.1, 0.15) is 5.65 Å². The Morgan fingerprint density at radius 1 is 1.30 bits per heavy atom. The van der Waals surface area contributed by atoms with Crippen LogP contribution in [0.4, 0.5) is 0 Å². The highest BCUT2D eigenvalue weighted by Gasteiger charge is 2.40. The van der Waals surface area contributed by atoms with Crippen LogP contribution in [0.2, 0.25) is 5.02 Å². The number of carbonyl (C=O) groups excluding carboxylic acids is 2. The molecule has 2 aliphatic heterocycles. The number of ether oxygens (including phenoxy) is 2. The summed E-state index contributed by atoms with van der Waals surface area (Å²) in [5, 5.41) is 1.49. The first kappa shape index (κ1) is 21.3. The molecule has 0 aliphatic carbocycles. The van der Waals surface area contributed by atoms with Gasteiger partial charge in [0.25, 0.3) is 0 Å². The number of rotatable bonds is 4. The van der Waals surface area contributed by atoms with Crippen molar-refractivity contribution in [2.24, 2.45) is 0 Å². The van der Waals surface area contributed by atoms with Gasteiger partial charge in [-0.2, -0.15) is 0 Å². The summed E-state index contributed by atoms with van der Waals surface area (Å²) in [6, 6.07) is 9.50. The number of benzene rings is 1. The lowest BCUT2D eigenvalue weighted by Gasteiger charge is -2.30. The number of carbonyl (C=O) groups is 2. The minimum Gasteiger partial charge on any atom is -0.459 e. The van der Waals surface area contributed by atoms with E-state index >= 15 is 0 Å². The molecule has 3 aromatic rings. The normalized spacial score (nSPS) is 17.2. The fourth-order valence-corrected chi connectivity index (χ4v) is 4.32. The van der Waals surface area contributed by atoms with Crippen molar-refractivity contribution in [3.05, 3.63) is 81.7 Å². The number of nitrogens with zero attached hydrogens (tertiary/aromatic N) is 2. The maximum absolute atomic E-state index is 13.3. The lowest BCUT2D eigenvalue weighted by atomic mass is 9.99. The van der Waals surface area contributed by atoms with E-state index in [4.69, 9.17) is 21.1 Å². The fraction of sp³-hybridized carbons (Fsp3) is 0.240. The molecule has 0 bridgehead atoms. The van der Waals surface area contributed by atoms with E-state index in [1.165, 1.54) is 5.56 Å². The van der Waals surface area contributed by atoms with Crippen LogP contribution in [0.15, 0.2) is 59.9 Å². The zero-order valence-electron chi connectivity index (χ0n) is 18.2. The molecule has 8 heteroatoms. The van der Waals surface area contributed by atoms with Gasteiger partial charge in [-0.25, -0.2) is 9.78 Å². The smallest absolute Gasteiger partial charge is 0.348 e. The maximum atomic E-state index is 13.3. The molecule has 2 aromatic heterocycles. The van der Waals surface area contributed by atoms with Crippen LogP contribution in [0, 0.1) is 0 Å². The second-order valence-corrected chi connectivity index (χ2v) is 8.74. The number of esters is 1. The highest BCUT2D eigenvalue weighted by Crippen LogP contribution is 2.34. The fourth-order valence-electron chi connectivity index (χ4n) is 4.13. The van der Waals surface area contributed by atoms with Crippen LogP contribution < -0.4 is 0 Å². The SMILES string of the molecule is CC(C)OC(=O)C1=C(N2CCc3ccc(Cl)cc3C2)OC(=Cc2c[nH]c3ncccc23)C1=O. The molecular weight excluding hydrogens is 442 g/mol. The largest absolute Gasteiger partial charge is 0.459 e. The number of hydrogen-bond donors (Lipinski definition) is 1. The molecule has 4 heterocycles. The highest BCUT2D eigenvalue weighted by atomic mass is 35.5. The average Bonchev–Trinajstić information content (AvgIpc) is 3.34. The molecule has 0 spiro atoms. The van der Waals surface area contributed by atoms with Crippen LogP contribution >= 0.6 is 11.6 Å².